The Hall–Kier alpha value is -3.08. The van der Waals surface area contributed by atoms with Gasteiger partial charge in [-0.3, -0.25) is 14.5 Å². The Labute approximate surface area is 214 Å². The number of fused-ring (bicyclic) bond motifs is 1. The highest BCUT2D eigenvalue weighted by molar-refractivity contribution is 7.79. The van der Waals surface area contributed by atoms with Gasteiger partial charge in [0.1, 0.15) is 5.57 Å². The van der Waals surface area contributed by atoms with Gasteiger partial charge >= 0.3 is 17.6 Å². The molecule has 2 heterocycles. The Morgan fingerprint density at radius 3 is 2.63 bits per heavy atom. The van der Waals surface area contributed by atoms with Crippen LogP contribution in [0.2, 0.25) is 0 Å². The zero-order valence-electron chi connectivity index (χ0n) is 20.3. The predicted molar refractivity (Wildman–Crippen MR) is 139 cm³/mol. The molecule has 184 valence electrons. The number of carbonyl (C=O) groups excluding carboxylic acids is 3. The third kappa shape index (κ3) is 5.61. The topological polar surface area (TPSA) is 103 Å². The molecule has 0 saturated carbocycles. The summed E-state index contributed by atoms with van der Waals surface area (Å²) >= 11 is 5.49. The highest BCUT2D eigenvalue weighted by atomic mass is 32.1. The summed E-state index contributed by atoms with van der Waals surface area (Å²) in [5, 5.41) is 4.38. The number of amides is 3. The normalized spacial score (nSPS) is 19.7. The van der Waals surface area contributed by atoms with Crippen LogP contribution in [-0.2, 0) is 35.7 Å². The first-order valence-electron chi connectivity index (χ1n) is 11.4. The first-order valence-corrected chi connectivity index (χ1v) is 12.6. The molecule has 0 radical (unpaired) electrons. The van der Waals surface area contributed by atoms with Crippen molar-refractivity contribution in [3.8, 4) is 0 Å². The zero-order chi connectivity index (χ0) is 25.8. The van der Waals surface area contributed by atoms with Crippen LogP contribution < -0.4 is 15.5 Å². The number of thiocarbonyl (C=S) groups is 1. The van der Waals surface area contributed by atoms with Crippen LogP contribution in [0, 0.1) is 0 Å². The van der Waals surface area contributed by atoms with Crippen LogP contribution >= 0.6 is 12.2 Å². The summed E-state index contributed by atoms with van der Waals surface area (Å²) < 4.78 is 11.4. The van der Waals surface area contributed by atoms with Gasteiger partial charge in [0.2, 0.25) is 5.91 Å². The number of carbonyl (C=O) groups is 3. The Morgan fingerprint density at radius 1 is 1.23 bits per heavy atom. The molecule has 0 aliphatic carbocycles. The number of nitrogens with zero attached hydrogens (tertiary/aromatic N) is 2. The average molecular weight is 515 g/mol. The van der Waals surface area contributed by atoms with Gasteiger partial charge in [-0.2, -0.15) is 0 Å². The number of hydrogen-bond donors (Lipinski definition) is 2. The molecular weight excluding hydrogens is 484 g/mol. The zero-order valence-corrected chi connectivity index (χ0v) is 21.9. The highest BCUT2D eigenvalue weighted by Gasteiger charge is 2.40. The van der Waals surface area contributed by atoms with Gasteiger partial charge in [0, 0.05) is 71.9 Å². The molecule has 3 N–H and O–H groups in total. The summed E-state index contributed by atoms with van der Waals surface area (Å²) in [5.41, 5.74) is 2.78. The van der Waals surface area contributed by atoms with Crippen LogP contribution in [0.25, 0.3) is 0 Å². The fraction of sp³-hybridized carbons (Fsp3) is 0.360. The summed E-state index contributed by atoms with van der Waals surface area (Å²) in [5.74, 6) is -0.805. The maximum Gasteiger partial charge on any atom is 0.505 e. The lowest BCUT2D eigenvalue weighted by atomic mass is 9.83. The van der Waals surface area contributed by atoms with Gasteiger partial charge in [0.05, 0.1) is 0 Å². The molecule has 10 heteroatoms. The standard InChI is InChI=1S/C25H28N4O4S2/c1-5-21(30)26-13-8-14-29-19-12-11-16(35-33)15-18(19)25(2,3)20(29)10-7-6-9-17-22(31)27-24(34)28(4)23(17)32/h6-7,9-12,15H,5,8,13-14H2,1-4H3,(H-,26,27,30,31,34)/p+2/b7-6+,17-9-,20-10+. The number of nitrogens with one attached hydrogen (secondary N) is 1. The molecule has 1 fully saturated rings. The monoisotopic (exact) mass is 514 g/mol. The minimum Gasteiger partial charge on any atom is -0.356 e. The van der Waals surface area contributed by atoms with E-state index in [0.29, 0.717) is 36.1 Å². The number of allylic oxidation sites excluding steroid dienone is 5. The van der Waals surface area contributed by atoms with Crippen molar-refractivity contribution in [3.63, 3.8) is 0 Å². The van der Waals surface area contributed by atoms with Crippen molar-refractivity contribution in [3.05, 3.63) is 59.3 Å². The molecule has 0 spiro atoms. The third-order valence-corrected chi connectivity index (χ3v) is 7.01. The van der Waals surface area contributed by atoms with Crippen LogP contribution in [0.3, 0.4) is 0 Å². The van der Waals surface area contributed by atoms with E-state index in [1.807, 2.05) is 31.2 Å². The summed E-state index contributed by atoms with van der Waals surface area (Å²) in [6.45, 7) is 7.27. The summed E-state index contributed by atoms with van der Waals surface area (Å²) in [7, 11) is 1.54. The highest BCUT2D eigenvalue weighted by Crippen LogP contribution is 2.48. The lowest BCUT2D eigenvalue weighted by molar-refractivity contribution is -0.455. The van der Waals surface area contributed by atoms with E-state index in [4.69, 9.17) is 12.2 Å². The molecule has 0 atom stereocenters. The second-order valence-corrected chi connectivity index (χ2v) is 9.88. The van der Waals surface area contributed by atoms with Crippen molar-refractivity contribution < 1.29 is 23.9 Å². The fourth-order valence-corrected chi connectivity index (χ4v) is 4.64. The molecule has 1 saturated heterocycles. The summed E-state index contributed by atoms with van der Waals surface area (Å²) in [4.78, 5) is 40.3. The maximum absolute atomic E-state index is 12.4. The van der Waals surface area contributed by atoms with E-state index < -0.39 is 11.8 Å². The number of likely N-dealkylation sites (N-methyl/N-ethyl adjacent to an activating group) is 1. The summed E-state index contributed by atoms with van der Waals surface area (Å²) in [6.07, 6.45) is 8.13. The Morgan fingerprint density at radius 2 is 1.94 bits per heavy atom. The van der Waals surface area contributed by atoms with Gasteiger partial charge in [0.15, 0.2) is 0 Å². The lowest BCUT2D eigenvalue weighted by Gasteiger charge is -2.27. The van der Waals surface area contributed by atoms with E-state index in [2.05, 4.69) is 24.1 Å². The van der Waals surface area contributed by atoms with Gasteiger partial charge in [0.25, 0.3) is 15.9 Å². The van der Waals surface area contributed by atoms with Crippen molar-refractivity contribution in [2.24, 2.45) is 0 Å². The Balaban J connectivity index is 1.88. The largest absolute Gasteiger partial charge is 0.505 e. The number of hydrogen-bond acceptors (Lipinski definition) is 6. The van der Waals surface area contributed by atoms with Crippen molar-refractivity contribution in [1.29, 1.82) is 0 Å². The van der Waals surface area contributed by atoms with Crippen molar-refractivity contribution in [2.45, 2.75) is 43.9 Å². The number of anilines is 1. The Kier molecular flexibility index (Phi) is 8.42. The molecule has 3 amide bonds. The molecule has 0 bridgehead atoms. The minimum atomic E-state index is -0.424. The molecule has 2 aliphatic heterocycles. The molecular formula is C25H30N4O4S2+2. The molecule has 2 aliphatic rings. The van der Waals surface area contributed by atoms with Crippen LogP contribution in [0.4, 0.5) is 5.69 Å². The van der Waals surface area contributed by atoms with Crippen molar-refractivity contribution >= 4 is 52.4 Å². The van der Waals surface area contributed by atoms with E-state index >= 15 is 0 Å². The van der Waals surface area contributed by atoms with Gasteiger partial charge < -0.3 is 10.2 Å². The van der Waals surface area contributed by atoms with Gasteiger partial charge in [-0.05, 0) is 30.2 Å². The second kappa shape index (κ2) is 11.1. The predicted octanol–water partition coefficient (Wildman–Crippen LogP) is 1.70. The van der Waals surface area contributed by atoms with Crippen molar-refractivity contribution in [1.82, 2.24) is 10.2 Å². The number of primary amides is 1. The van der Waals surface area contributed by atoms with Crippen LogP contribution in [0.15, 0.2) is 58.7 Å². The third-order valence-electron chi connectivity index (χ3n) is 6.18. The molecule has 1 aromatic rings. The lowest BCUT2D eigenvalue weighted by Crippen LogP contribution is -2.97. The van der Waals surface area contributed by atoms with E-state index in [9.17, 15) is 18.6 Å². The quantitative estimate of drug-likeness (QED) is 0.180. The molecule has 0 aromatic heterocycles. The molecule has 1 aromatic carbocycles. The SMILES string of the molecule is CCC(=O)NCCCN1/C(=C/C=C/C=C2/C(=O)[NH2+]C(=S)N(C)C2=O)C(C)(C)c2cc([S+]=O)ccc21. The average Bonchev–Trinajstić information content (AvgIpc) is 3.04. The van der Waals surface area contributed by atoms with Gasteiger partial charge in [-0.15, -0.1) is 0 Å². The van der Waals surface area contributed by atoms with Gasteiger partial charge in [-0.1, -0.05) is 32.9 Å². The number of rotatable bonds is 8. The van der Waals surface area contributed by atoms with E-state index in [1.54, 1.807) is 19.2 Å². The minimum absolute atomic E-state index is 0.0199. The molecule has 8 nitrogen and oxygen atoms in total. The smallest absolute Gasteiger partial charge is 0.356 e. The van der Waals surface area contributed by atoms with E-state index in [1.165, 1.54) is 16.3 Å². The first-order chi connectivity index (χ1) is 16.6. The number of benzene rings is 1. The van der Waals surface area contributed by atoms with E-state index in [0.717, 1.165) is 23.4 Å². The maximum atomic E-state index is 12.4. The Bertz CT molecular complexity index is 1170. The molecule has 0 unspecified atom stereocenters. The van der Waals surface area contributed by atoms with Crippen molar-refractivity contribution in [2.75, 3.05) is 25.0 Å². The van der Waals surface area contributed by atoms with Crippen LogP contribution in [-0.4, -0.2) is 47.9 Å². The van der Waals surface area contributed by atoms with Gasteiger partial charge in [-0.25, -0.2) is 10.1 Å². The molecule has 3 rings (SSSR count). The second-order valence-electron chi connectivity index (χ2n) is 8.82. The van der Waals surface area contributed by atoms with E-state index in [-0.39, 0.29) is 22.0 Å². The van der Waals surface area contributed by atoms with Crippen LogP contribution in [0.5, 0.6) is 0 Å². The molecule has 35 heavy (non-hydrogen) atoms. The number of quaternary nitrogens is 1. The first kappa shape index (κ1) is 26.5. The van der Waals surface area contributed by atoms with Crippen LogP contribution in [0.1, 0.15) is 39.2 Å². The fourth-order valence-electron chi connectivity index (χ4n) is 4.16. The summed E-state index contributed by atoms with van der Waals surface area (Å²) in [6, 6.07) is 5.71. The number of nitrogens with two attached hydrogens (primary N) is 1.